The van der Waals surface area contributed by atoms with Gasteiger partial charge in [-0.3, -0.25) is 4.90 Å². The van der Waals surface area contributed by atoms with Crippen molar-refractivity contribution in [3.63, 3.8) is 0 Å². The maximum atomic E-state index is 6.15. The molecule has 0 radical (unpaired) electrons. The molecular weight excluding hydrogens is 196 g/mol. The van der Waals surface area contributed by atoms with Crippen molar-refractivity contribution in [3.8, 4) is 0 Å². The third kappa shape index (κ3) is 1.87. The van der Waals surface area contributed by atoms with Crippen molar-refractivity contribution in [2.75, 3.05) is 13.1 Å². The van der Waals surface area contributed by atoms with Gasteiger partial charge in [-0.1, -0.05) is 30.3 Å². The van der Waals surface area contributed by atoms with Gasteiger partial charge in [-0.2, -0.15) is 0 Å². The first-order valence-electron chi connectivity index (χ1n) is 6.35. The summed E-state index contributed by atoms with van der Waals surface area (Å²) in [6.45, 7) is 3.56. The van der Waals surface area contributed by atoms with Gasteiger partial charge in [-0.05, 0) is 30.2 Å². The van der Waals surface area contributed by atoms with Crippen molar-refractivity contribution in [1.82, 2.24) is 4.90 Å². The van der Waals surface area contributed by atoms with Gasteiger partial charge >= 0.3 is 0 Å². The average molecular weight is 216 g/mol. The Bertz CT molecular complexity index is 349. The van der Waals surface area contributed by atoms with E-state index in [4.69, 9.17) is 5.73 Å². The summed E-state index contributed by atoms with van der Waals surface area (Å²) in [6, 6.07) is 11.2. The van der Waals surface area contributed by atoms with Gasteiger partial charge in [0.15, 0.2) is 0 Å². The molecule has 16 heavy (non-hydrogen) atoms. The lowest BCUT2D eigenvalue weighted by atomic mass is 9.98. The highest BCUT2D eigenvalue weighted by Gasteiger charge is 2.40. The first kappa shape index (κ1) is 10.3. The Balaban J connectivity index is 1.63. The van der Waals surface area contributed by atoms with Crippen LogP contribution in [-0.4, -0.2) is 24.0 Å². The molecule has 1 saturated carbocycles. The van der Waals surface area contributed by atoms with Crippen LogP contribution in [0.3, 0.4) is 0 Å². The van der Waals surface area contributed by atoms with E-state index in [1.54, 1.807) is 0 Å². The van der Waals surface area contributed by atoms with Crippen molar-refractivity contribution in [3.05, 3.63) is 35.9 Å². The highest BCUT2D eigenvalue weighted by Crippen LogP contribution is 2.37. The lowest BCUT2D eigenvalue weighted by molar-refractivity contribution is 0.298. The minimum absolute atomic E-state index is 0.464. The largest absolute Gasteiger partial charge is 0.327 e. The van der Waals surface area contributed by atoms with Gasteiger partial charge in [-0.15, -0.1) is 0 Å². The van der Waals surface area contributed by atoms with Gasteiger partial charge < -0.3 is 5.73 Å². The Morgan fingerprint density at radius 2 is 1.94 bits per heavy atom. The van der Waals surface area contributed by atoms with E-state index in [0.717, 1.165) is 18.4 Å². The Morgan fingerprint density at radius 3 is 2.69 bits per heavy atom. The third-order valence-electron chi connectivity index (χ3n) is 4.24. The zero-order valence-electron chi connectivity index (χ0n) is 9.68. The summed E-state index contributed by atoms with van der Waals surface area (Å²) in [5, 5.41) is 0. The SMILES string of the molecule is N[C@@H]1CC[C@@H]2CN(Cc3ccccc3)C[C@@H]21. The van der Waals surface area contributed by atoms with Crippen LogP contribution in [0.25, 0.3) is 0 Å². The first-order chi connectivity index (χ1) is 7.83. The number of fused-ring (bicyclic) bond motifs is 1. The Labute approximate surface area is 97.4 Å². The summed E-state index contributed by atoms with van der Waals surface area (Å²) < 4.78 is 0. The molecule has 3 atom stereocenters. The van der Waals surface area contributed by atoms with E-state index in [1.807, 2.05) is 0 Å². The minimum Gasteiger partial charge on any atom is -0.327 e. The predicted molar refractivity (Wildman–Crippen MR) is 65.9 cm³/mol. The van der Waals surface area contributed by atoms with Crippen molar-refractivity contribution in [2.24, 2.45) is 17.6 Å². The van der Waals surface area contributed by atoms with Crippen LogP contribution < -0.4 is 5.73 Å². The summed E-state index contributed by atoms with van der Waals surface area (Å²) in [6.07, 6.45) is 2.59. The van der Waals surface area contributed by atoms with Crippen LogP contribution in [0, 0.1) is 11.8 Å². The molecule has 2 fully saturated rings. The second-order valence-electron chi connectivity index (χ2n) is 5.34. The molecule has 1 aliphatic heterocycles. The highest BCUT2D eigenvalue weighted by molar-refractivity contribution is 5.15. The van der Waals surface area contributed by atoms with E-state index in [2.05, 4.69) is 35.2 Å². The second kappa shape index (κ2) is 4.19. The molecule has 0 bridgehead atoms. The highest BCUT2D eigenvalue weighted by atomic mass is 15.2. The molecule has 0 unspecified atom stereocenters. The monoisotopic (exact) mass is 216 g/mol. The van der Waals surface area contributed by atoms with Gasteiger partial charge in [0.05, 0.1) is 0 Å². The van der Waals surface area contributed by atoms with Gasteiger partial charge in [-0.25, -0.2) is 0 Å². The molecule has 0 aromatic heterocycles. The van der Waals surface area contributed by atoms with Crippen LogP contribution in [-0.2, 0) is 6.54 Å². The number of rotatable bonds is 2. The molecular formula is C14H20N2. The lowest BCUT2D eigenvalue weighted by Gasteiger charge is -2.18. The maximum absolute atomic E-state index is 6.15. The molecule has 1 saturated heterocycles. The van der Waals surface area contributed by atoms with Crippen LogP contribution in [0.1, 0.15) is 18.4 Å². The molecule has 3 rings (SSSR count). The number of likely N-dealkylation sites (tertiary alicyclic amines) is 1. The van der Waals surface area contributed by atoms with E-state index < -0.39 is 0 Å². The van der Waals surface area contributed by atoms with E-state index in [9.17, 15) is 0 Å². The topological polar surface area (TPSA) is 29.3 Å². The Morgan fingerprint density at radius 1 is 1.12 bits per heavy atom. The summed E-state index contributed by atoms with van der Waals surface area (Å²) in [7, 11) is 0. The van der Waals surface area contributed by atoms with E-state index in [-0.39, 0.29) is 0 Å². The number of benzene rings is 1. The van der Waals surface area contributed by atoms with Crippen LogP contribution in [0.4, 0.5) is 0 Å². The molecule has 2 nitrogen and oxygen atoms in total. The lowest BCUT2D eigenvalue weighted by Crippen LogP contribution is -2.30. The normalized spacial score (nSPS) is 34.2. The van der Waals surface area contributed by atoms with Gasteiger partial charge in [0.25, 0.3) is 0 Å². The molecule has 2 heteroatoms. The summed E-state index contributed by atoms with van der Waals surface area (Å²) in [5.41, 5.74) is 7.58. The number of hydrogen-bond donors (Lipinski definition) is 1. The molecule has 1 aromatic carbocycles. The van der Waals surface area contributed by atoms with Crippen LogP contribution in [0.2, 0.25) is 0 Å². The van der Waals surface area contributed by atoms with E-state index >= 15 is 0 Å². The number of nitrogens with zero attached hydrogens (tertiary/aromatic N) is 1. The fourth-order valence-electron chi connectivity index (χ4n) is 3.37. The smallest absolute Gasteiger partial charge is 0.0233 e. The van der Waals surface area contributed by atoms with Crippen LogP contribution in [0.5, 0.6) is 0 Å². The molecule has 1 aromatic rings. The van der Waals surface area contributed by atoms with Crippen LogP contribution in [0.15, 0.2) is 30.3 Å². The van der Waals surface area contributed by atoms with E-state index in [1.165, 1.54) is 31.5 Å². The van der Waals surface area contributed by atoms with Crippen molar-refractivity contribution < 1.29 is 0 Å². The third-order valence-corrected chi connectivity index (χ3v) is 4.24. The second-order valence-corrected chi connectivity index (χ2v) is 5.34. The molecule has 0 amide bonds. The number of hydrogen-bond acceptors (Lipinski definition) is 2. The molecule has 0 spiro atoms. The molecule has 1 heterocycles. The summed E-state index contributed by atoms with van der Waals surface area (Å²) >= 11 is 0. The van der Waals surface area contributed by atoms with Gasteiger partial charge in [0.2, 0.25) is 0 Å². The minimum atomic E-state index is 0.464. The summed E-state index contributed by atoms with van der Waals surface area (Å²) in [4.78, 5) is 2.57. The maximum Gasteiger partial charge on any atom is 0.0233 e. The fraction of sp³-hybridized carbons (Fsp3) is 0.571. The number of nitrogens with two attached hydrogens (primary N) is 1. The van der Waals surface area contributed by atoms with Crippen molar-refractivity contribution >= 4 is 0 Å². The zero-order chi connectivity index (χ0) is 11.0. The van der Waals surface area contributed by atoms with Gasteiger partial charge in [0, 0.05) is 25.7 Å². The molecule has 2 aliphatic rings. The fourth-order valence-corrected chi connectivity index (χ4v) is 3.37. The van der Waals surface area contributed by atoms with Crippen LogP contribution >= 0.6 is 0 Å². The standard InChI is InChI=1S/C14H20N2/c15-14-7-6-12-9-16(10-13(12)14)8-11-4-2-1-3-5-11/h1-5,12-14H,6-10,15H2/t12-,13+,14-/m1/s1. The summed E-state index contributed by atoms with van der Waals surface area (Å²) in [5.74, 6) is 1.64. The molecule has 1 aliphatic carbocycles. The zero-order valence-corrected chi connectivity index (χ0v) is 9.68. The Hall–Kier alpha value is -0.860. The molecule has 2 N–H and O–H groups in total. The van der Waals surface area contributed by atoms with Crippen molar-refractivity contribution in [2.45, 2.75) is 25.4 Å². The quantitative estimate of drug-likeness (QED) is 0.817. The first-order valence-corrected chi connectivity index (χ1v) is 6.35. The van der Waals surface area contributed by atoms with Crippen molar-refractivity contribution in [1.29, 1.82) is 0 Å². The van der Waals surface area contributed by atoms with Gasteiger partial charge in [0.1, 0.15) is 0 Å². The predicted octanol–water partition coefficient (Wildman–Crippen LogP) is 1.86. The molecule has 86 valence electrons. The average Bonchev–Trinajstić information content (AvgIpc) is 2.83. The Kier molecular flexibility index (Phi) is 2.70. The van der Waals surface area contributed by atoms with E-state index in [0.29, 0.717) is 6.04 Å².